The average molecular weight is 276 g/mol. The molecule has 0 aliphatic carbocycles. The van der Waals surface area contributed by atoms with Crippen molar-refractivity contribution in [3.8, 4) is 11.8 Å². The van der Waals surface area contributed by atoms with Gasteiger partial charge in [-0.15, -0.1) is 0 Å². The summed E-state index contributed by atoms with van der Waals surface area (Å²) >= 11 is 0. The third-order valence-corrected chi connectivity index (χ3v) is 1.90. The van der Waals surface area contributed by atoms with Crippen LogP contribution in [0, 0.1) is 11.3 Å². The Kier molecular flexibility index (Phi) is 4.69. The number of carbonyl (C=O) groups is 1. The lowest BCUT2D eigenvalue weighted by Gasteiger charge is -2.19. The molecule has 0 unspecified atom stereocenters. The number of halogens is 4. The minimum Gasteiger partial charge on any atom is -0.426 e. The summed E-state index contributed by atoms with van der Waals surface area (Å²) in [6.07, 6.45) is -9.18. The number of carbonyl (C=O) groups excluding carboxylic acids is 1. The molecule has 0 spiro atoms. The van der Waals surface area contributed by atoms with Crippen molar-refractivity contribution >= 4 is 11.6 Å². The summed E-state index contributed by atoms with van der Waals surface area (Å²) in [5.74, 6) is -1.38. The maximum atomic E-state index is 12.8. The van der Waals surface area contributed by atoms with Gasteiger partial charge in [0.2, 0.25) is 5.91 Å². The van der Waals surface area contributed by atoms with E-state index in [0.29, 0.717) is 0 Å². The number of amides is 1. The van der Waals surface area contributed by atoms with E-state index in [1.54, 1.807) is 6.07 Å². The van der Waals surface area contributed by atoms with Crippen LogP contribution in [0.4, 0.5) is 23.2 Å². The summed E-state index contributed by atoms with van der Waals surface area (Å²) in [5.41, 5.74) is -0.219. The largest absolute Gasteiger partial charge is 0.461 e. The molecule has 0 bridgehead atoms. The van der Waals surface area contributed by atoms with E-state index in [2.05, 4.69) is 10.1 Å². The Morgan fingerprint density at radius 2 is 2.05 bits per heavy atom. The Bertz CT molecular complexity index is 500. The Morgan fingerprint density at radius 3 is 2.63 bits per heavy atom. The zero-order chi connectivity index (χ0) is 14.5. The first-order valence-electron chi connectivity index (χ1n) is 4.97. The number of benzene rings is 1. The molecule has 4 nitrogen and oxygen atoms in total. The molecular weight excluding hydrogens is 268 g/mol. The first-order chi connectivity index (χ1) is 8.86. The second kappa shape index (κ2) is 6.04. The van der Waals surface area contributed by atoms with Gasteiger partial charge in [0, 0.05) is 0 Å². The Labute approximate surface area is 105 Å². The van der Waals surface area contributed by atoms with E-state index in [9.17, 15) is 22.4 Å². The number of ether oxygens (including phenoxy) is 1. The van der Waals surface area contributed by atoms with Crippen LogP contribution >= 0.6 is 0 Å². The lowest BCUT2D eigenvalue weighted by atomic mass is 10.3. The maximum absolute atomic E-state index is 12.8. The summed E-state index contributed by atoms with van der Waals surface area (Å²) in [4.78, 5) is 11.1. The molecule has 102 valence electrons. The van der Waals surface area contributed by atoms with Crippen molar-refractivity contribution in [1.29, 1.82) is 5.26 Å². The monoisotopic (exact) mass is 276 g/mol. The molecule has 0 aliphatic rings. The fraction of sp³-hybridized carbons (Fsp3) is 0.273. The summed E-state index contributed by atoms with van der Waals surface area (Å²) < 4.78 is 53.4. The third kappa shape index (κ3) is 4.13. The zero-order valence-electron chi connectivity index (χ0n) is 9.37. The van der Waals surface area contributed by atoms with Crippen molar-refractivity contribution in [3.05, 3.63) is 24.3 Å². The lowest BCUT2D eigenvalue weighted by Crippen LogP contribution is -2.33. The smallest absolute Gasteiger partial charge is 0.426 e. The van der Waals surface area contributed by atoms with Gasteiger partial charge in [-0.2, -0.15) is 22.8 Å². The van der Waals surface area contributed by atoms with Gasteiger partial charge in [-0.3, -0.25) is 4.79 Å². The highest BCUT2D eigenvalue weighted by Gasteiger charge is 2.44. The fourth-order valence-corrected chi connectivity index (χ4v) is 1.12. The van der Waals surface area contributed by atoms with E-state index < -0.39 is 30.6 Å². The highest BCUT2D eigenvalue weighted by Crippen LogP contribution is 2.32. The molecular formula is C11H8F4N2O2. The number of nitriles is 1. The molecule has 1 aromatic rings. The molecule has 0 fully saturated rings. The van der Waals surface area contributed by atoms with Crippen molar-refractivity contribution in [2.45, 2.75) is 19.0 Å². The van der Waals surface area contributed by atoms with Crippen LogP contribution in [0.2, 0.25) is 0 Å². The van der Waals surface area contributed by atoms with E-state index in [0.717, 1.165) is 6.07 Å². The summed E-state index contributed by atoms with van der Waals surface area (Å²) in [6, 6.07) is 6.40. The van der Waals surface area contributed by atoms with Crippen LogP contribution in [0.15, 0.2) is 24.3 Å². The third-order valence-electron chi connectivity index (χ3n) is 1.90. The second-order valence-electron chi connectivity index (χ2n) is 3.34. The molecule has 8 heteroatoms. The zero-order valence-corrected chi connectivity index (χ0v) is 9.37. The fourth-order valence-electron chi connectivity index (χ4n) is 1.12. The van der Waals surface area contributed by atoms with Gasteiger partial charge in [0.1, 0.15) is 12.2 Å². The van der Waals surface area contributed by atoms with Crippen LogP contribution in [-0.2, 0) is 4.79 Å². The lowest BCUT2D eigenvalue weighted by molar-refractivity contribution is -0.252. The molecule has 0 radical (unpaired) electrons. The predicted octanol–water partition coefficient (Wildman–Crippen LogP) is 2.78. The highest BCUT2D eigenvalue weighted by molar-refractivity contribution is 5.93. The summed E-state index contributed by atoms with van der Waals surface area (Å²) in [7, 11) is 0. The van der Waals surface area contributed by atoms with E-state index in [-0.39, 0.29) is 5.69 Å². The number of para-hydroxylation sites is 2. The quantitative estimate of drug-likeness (QED) is 0.841. The van der Waals surface area contributed by atoms with E-state index in [1.165, 1.54) is 18.2 Å². The first kappa shape index (κ1) is 14.8. The molecule has 1 N–H and O–H groups in total. The molecule has 1 aromatic carbocycles. The van der Waals surface area contributed by atoms with Crippen LogP contribution < -0.4 is 10.1 Å². The number of hydrogen-bond donors (Lipinski definition) is 1. The van der Waals surface area contributed by atoms with Gasteiger partial charge in [-0.1, -0.05) is 12.1 Å². The number of hydrogen-bond acceptors (Lipinski definition) is 3. The SMILES string of the molecule is N#CCC(=O)Nc1ccccc1OC(F)(F)C(F)F. The van der Waals surface area contributed by atoms with Gasteiger partial charge in [-0.05, 0) is 12.1 Å². The molecule has 19 heavy (non-hydrogen) atoms. The van der Waals surface area contributed by atoms with Crippen LogP contribution in [0.25, 0.3) is 0 Å². The van der Waals surface area contributed by atoms with Crippen molar-refractivity contribution in [2.75, 3.05) is 5.32 Å². The van der Waals surface area contributed by atoms with E-state index in [4.69, 9.17) is 5.26 Å². The Hall–Kier alpha value is -2.30. The highest BCUT2D eigenvalue weighted by atomic mass is 19.3. The average Bonchev–Trinajstić information content (AvgIpc) is 2.31. The van der Waals surface area contributed by atoms with Crippen LogP contribution in [0.3, 0.4) is 0 Å². The van der Waals surface area contributed by atoms with E-state index in [1.807, 2.05) is 0 Å². The molecule has 0 saturated carbocycles. The van der Waals surface area contributed by atoms with Crippen molar-refractivity contribution < 1.29 is 27.1 Å². The molecule has 0 heterocycles. The number of nitrogens with zero attached hydrogens (tertiary/aromatic N) is 1. The van der Waals surface area contributed by atoms with Gasteiger partial charge in [0.25, 0.3) is 0 Å². The molecule has 0 saturated heterocycles. The van der Waals surface area contributed by atoms with Crippen molar-refractivity contribution in [3.63, 3.8) is 0 Å². The number of anilines is 1. The predicted molar refractivity (Wildman–Crippen MR) is 56.9 cm³/mol. The van der Waals surface area contributed by atoms with Gasteiger partial charge in [-0.25, -0.2) is 0 Å². The number of alkyl halides is 4. The number of rotatable bonds is 5. The van der Waals surface area contributed by atoms with Crippen molar-refractivity contribution in [2.24, 2.45) is 0 Å². The minimum atomic E-state index is -4.67. The van der Waals surface area contributed by atoms with Crippen LogP contribution in [0.5, 0.6) is 5.75 Å². The van der Waals surface area contributed by atoms with Gasteiger partial charge >= 0.3 is 12.5 Å². The normalized spacial score (nSPS) is 10.9. The minimum absolute atomic E-state index is 0.219. The molecule has 0 aromatic heterocycles. The molecule has 1 rings (SSSR count). The first-order valence-corrected chi connectivity index (χ1v) is 4.97. The summed E-state index contributed by atoms with van der Waals surface area (Å²) in [5, 5.41) is 10.4. The van der Waals surface area contributed by atoms with Crippen LogP contribution in [0.1, 0.15) is 6.42 Å². The number of nitrogens with one attached hydrogen (secondary N) is 1. The Morgan fingerprint density at radius 1 is 1.42 bits per heavy atom. The molecule has 0 atom stereocenters. The van der Waals surface area contributed by atoms with E-state index >= 15 is 0 Å². The summed E-state index contributed by atoms with van der Waals surface area (Å²) in [6.45, 7) is 0. The van der Waals surface area contributed by atoms with Gasteiger partial charge in [0.15, 0.2) is 0 Å². The molecule has 1 amide bonds. The van der Waals surface area contributed by atoms with Crippen LogP contribution in [-0.4, -0.2) is 18.4 Å². The molecule has 0 aliphatic heterocycles. The maximum Gasteiger partial charge on any atom is 0.461 e. The standard InChI is InChI=1S/C11H8F4N2O2/c12-10(13)11(14,15)19-8-4-2-1-3-7(8)17-9(18)5-6-16/h1-4,10H,5H2,(H,17,18). The van der Waals surface area contributed by atoms with Crippen molar-refractivity contribution in [1.82, 2.24) is 0 Å². The second-order valence-corrected chi connectivity index (χ2v) is 3.34. The topological polar surface area (TPSA) is 62.1 Å². The Balaban J connectivity index is 2.91. The van der Waals surface area contributed by atoms with Gasteiger partial charge < -0.3 is 10.1 Å². The van der Waals surface area contributed by atoms with Gasteiger partial charge in [0.05, 0.1) is 11.8 Å².